The maximum atomic E-state index is 12.0. The average molecular weight is 267 g/mol. The van der Waals surface area contributed by atoms with Gasteiger partial charge in [0.05, 0.1) is 0 Å². The van der Waals surface area contributed by atoms with E-state index in [4.69, 9.17) is 11.6 Å². The highest BCUT2D eigenvalue weighted by molar-refractivity contribution is 6.30. The van der Waals surface area contributed by atoms with E-state index in [9.17, 15) is 4.79 Å². The zero-order chi connectivity index (χ0) is 13.0. The summed E-state index contributed by atoms with van der Waals surface area (Å²) < 4.78 is 0. The molecule has 3 nitrogen and oxygen atoms in total. The smallest absolute Gasteiger partial charge is 0.251 e. The van der Waals surface area contributed by atoms with Gasteiger partial charge in [0.1, 0.15) is 0 Å². The van der Waals surface area contributed by atoms with Crippen LogP contribution in [0.1, 0.15) is 29.6 Å². The first-order valence-corrected chi connectivity index (χ1v) is 6.71. The molecule has 4 heteroatoms. The van der Waals surface area contributed by atoms with Gasteiger partial charge in [-0.1, -0.05) is 18.0 Å². The molecule has 0 atom stereocenters. The van der Waals surface area contributed by atoms with Crippen LogP contribution in [-0.4, -0.2) is 26.0 Å². The minimum atomic E-state index is -0.0194. The van der Waals surface area contributed by atoms with Crippen molar-refractivity contribution in [3.63, 3.8) is 0 Å². The molecule has 1 fully saturated rings. The molecule has 0 radical (unpaired) electrons. The molecular formula is C14H19ClN2O. The Morgan fingerprint density at radius 1 is 1.28 bits per heavy atom. The lowest BCUT2D eigenvalue weighted by atomic mass is 9.68. The fourth-order valence-corrected chi connectivity index (χ4v) is 2.56. The highest BCUT2D eigenvalue weighted by atomic mass is 35.5. The van der Waals surface area contributed by atoms with E-state index >= 15 is 0 Å². The van der Waals surface area contributed by atoms with Gasteiger partial charge >= 0.3 is 0 Å². The molecule has 1 saturated carbocycles. The normalized spacial score (nSPS) is 17.0. The molecule has 1 aromatic carbocycles. The number of hydrogen-bond donors (Lipinski definition) is 2. The van der Waals surface area contributed by atoms with Gasteiger partial charge in [0.25, 0.3) is 5.91 Å². The molecule has 1 aliphatic rings. The van der Waals surface area contributed by atoms with Crippen LogP contribution in [0.4, 0.5) is 0 Å². The van der Waals surface area contributed by atoms with Crippen LogP contribution in [0, 0.1) is 5.41 Å². The van der Waals surface area contributed by atoms with Crippen molar-refractivity contribution in [2.75, 3.05) is 20.1 Å². The van der Waals surface area contributed by atoms with Crippen LogP contribution in [0.25, 0.3) is 0 Å². The monoisotopic (exact) mass is 266 g/mol. The van der Waals surface area contributed by atoms with E-state index in [1.54, 1.807) is 24.3 Å². The van der Waals surface area contributed by atoms with E-state index in [2.05, 4.69) is 10.6 Å². The van der Waals surface area contributed by atoms with Crippen molar-refractivity contribution in [1.82, 2.24) is 10.6 Å². The Bertz CT molecular complexity index is 412. The number of amides is 1. The molecule has 0 unspecified atom stereocenters. The molecule has 0 bridgehead atoms. The molecule has 0 aliphatic heterocycles. The molecule has 1 aromatic rings. The lowest BCUT2D eigenvalue weighted by Crippen LogP contribution is -2.47. The van der Waals surface area contributed by atoms with Gasteiger partial charge in [-0.15, -0.1) is 0 Å². The van der Waals surface area contributed by atoms with Crippen molar-refractivity contribution in [2.24, 2.45) is 5.41 Å². The number of halogens is 1. The zero-order valence-corrected chi connectivity index (χ0v) is 11.4. The summed E-state index contributed by atoms with van der Waals surface area (Å²) in [5.74, 6) is -0.0194. The van der Waals surface area contributed by atoms with Gasteiger partial charge in [-0.2, -0.15) is 0 Å². The Labute approximate surface area is 113 Å². The van der Waals surface area contributed by atoms with Gasteiger partial charge in [0.2, 0.25) is 0 Å². The second-order valence-electron chi connectivity index (χ2n) is 5.07. The fourth-order valence-electron chi connectivity index (χ4n) is 2.44. The van der Waals surface area contributed by atoms with Gasteiger partial charge in [-0.05, 0) is 44.2 Å². The molecule has 2 rings (SSSR count). The predicted octanol–water partition coefficient (Wildman–Crippen LogP) is 2.46. The maximum Gasteiger partial charge on any atom is 0.251 e. The Kier molecular flexibility index (Phi) is 4.25. The van der Waals surface area contributed by atoms with Gasteiger partial charge in [0, 0.05) is 29.1 Å². The van der Waals surface area contributed by atoms with Gasteiger partial charge in [-0.3, -0.25) is 4.79 Å². The molecule has 2 N–H and O–H groups in total. The van der Waals surface area contributed by atoms with Crippen LogP contribution >= 0.6 is 11.6 Å². The average Bonchev–Trinajstić information content (AvgIpc) is 2.33. The first-order chi connectivity index (χ1) is 8.65. The minimum Gasteiger partial charge on any atom is -0.351 e. The number of benzene rings is 1. The molecule has 0 spiro atoms. The SMILES string of the molecule is CNCC1(CNC(=O)c2ccc(Cl)cc2)CCC1. The number of carbonyl (C=O) groups excluding carboxylic acids is 1. The molecule has 0 saturated heterocycles. The molecule has 1 aliphatic carbocycles. The van der Waals surface area contributed by atoms with Gasteiger partial charge < -0.3 is 10.6 Å². The third-order valence-electron chi connectivity index (χ3n) is 3.70. The van der Waals surface area contributed by atoms with E-state index in [1.165, 1.54) is 19.3 Å². The third kappa shape index (κ3) is 3.03. The van der Waals surface area contributed by atoms with Crippen molar-refractivity contribution >= 4 is 17.5 Å². The summed E-state index contributed by atoms with van der Waals surface area (Å²) in [7, 11) is 1.96. The van der Waals surface area contributed by atoms with Crippen LogP contribution < -0.4 is 10.6 Å². The largest absolute Gasteiger partial charge is 0.351 e. The maximum absolute atomic E-state index is 12.0. The standard InChI is InChI=1S/C14H19ClN2O/c1-16-9-14(7-2-8-14)10-17-13(18)11-3-5-12(15)6-4-11/h3-6,16H,2,7-10H2,1H3,(H,17,18). The molecule has 18 heavy (non-hydrogen) atoms. The molecule has 98 valence electrons. The summed E-state index contributed by atoms with van der Waals surface area (Å²) in [5.41, 5.74) is 0.926. The Balaban J connectivity index is 1.89. The van der Waals surface area contributed by atoms with Crippen molar-refractivity contribution in [2.45, 2.75) is 19.3 Å². The van der Waals surface area contributed by atoms with Crippen LogP contribution in [-0.2, 0) is 0 Å². The lowest BCUT2D eigenvalue weighted by molar-refractivity contribution is 0.0862. The first kappa shape index (κ1) is 13.4. The number of carbonyl (C=O) groups is 1. The minimum absolute atomic E-state index is 0.0194. The Morgan fingerprint density at radius 2 is 1.94 bits per heavy atom. The van der Waals surface area contributed by atoms with Crippen LogP contribution in [0.5, 0.6) is 0 Å². The number of rotatable bonds is 5. The lowest BCUT2D eigenvalue weighted by Gasteiger charge is -2.42. The summed E-state index contributed by atoms with van der Waals surface area (Å²) in [5, 5.41) is 6.89. The summed E-state index contributed by atoms with van der Waals surface area (Å²) >= 11 is 5.80. The number of nitrogens with one attached hydrogen (secondary N) is 2. The Hall–Kier alpha value is -1.06. The van der Waals surface area contributed by atoms with E-state index in [1.807, 2.05) is 7.05 Å². The predicted molar refractivity (Wildman–Crippen MR) is 74.0 cm³/mol. The van der Waals surface area contributed by atoms with Crippen molar-refractivity contribution in [3.8, 4) is 0 Å². The van der Waals surface area contributed by atoms with Crippen LogP contribution in [0.2, 0.25) is 5.02 Å². The quantitative estimate of drug-likeness (QED) is 0.860. The molecule has 0 heterocycles. The van der Waals surface area contributed by atoms with Gasteiger partial charge in [0.15, 0.2) is 0 Å². The summed E-state index contributed by atoms with van der Waals surface area (Å²) in [4.78, 5) is 12.0. The first-order valence-electron chi connectivity index (χ1n) is 6.34. The van der Waals surface area contributed by atoms with Crippen molar-refractivity contribution in [1.29, 1.82) is 0 Å². The zero-order valence-electron chi connectivity index (χ0n) is 10.6. The topological polar surface area (TPSA) is 41.1 Å². The third-order valence-corrected chi connectivity index (χ3v) is 3.95. The van der Waals surface area contributed by atoms with Crippen LogP contribution in [0.15, 0.2) is 24.3 Å². The van der Waals surface area contributed by atoms with Gasteiger partial charge in [-0.25, -0.2) is 0 Å². The second-order valence-corrected chi connectivity index (χ2v) is 5.51. The van der Waals surface area contributed by atoms with E-state index in [0.717, 1.165) is 13.1 Å². The van der Waals surface area contributed by atoms with Crippen molar-refractivity contribution in [3.05, 3.63) is 34.9 Å². The summed E-state index contributed by atoms with van der Waals surface area (Å²) in [6.45, 7) is 1.71. The molecule has 0 aromatic heterocycles. The summed E-state index contributed by atoms with van der Waals surface area (Å²) in [6.07, 6.45) is 3.64. The van der Waals surface area contributed by atoms with Crippen molar-refractivity contribution < 1.29 is 4.79 Å². The van der Waals surface area contributed by atoms with E-state index in [0.29, 0.717) is 10.6 Å². The highest BCUT2D eigenvalue weighted by Crippen LogP contribution is 2.39. The summed E-state index contributed by atoms with van der Waals surface area (Å²) in [6, 6.07) is 6.98. The number of hydrogen-bond acceptors (Lipinski definition) is 2. The second kappa shape index (κ2) is 5.72. The van der Waals surface area contributed by atoms with Crippen LogP contribution in [0.3, 0.4) is 0 Å². The fraction of sp³-hybridized carbons (Fsp3) is 0.500. The van der Waals surface area contributed by atoms with E-state index < -0.39 is 0 Å². The van der Waals surface area contributed by atoms with E-state index in [-0.39, 0.29) is 11.3 Å². The molecular weight excluding hydrogens is 248 g/mol. The highest BCUT2D eigenvalue weighted by Gasteiger charge is 2.36. The Morgan fingerprint density at radius 3 is 2.44 bits per heavy atom. The molecule has 1 amide bonds.